The second-order valence-corrected chi connectivity index (χ2v) is 9.18. The normalized spacial score (nSPS) is 18.9. The number of nitrogens with zero attached hydrogens (tertiary/aromatic N) is 4. The van der Waals surface area contributed by atoms with Crippen molar-refractivity contribution < 1.29 is 23.9 Å². The van der Waals surface area contributed by atoms with E-state index in [1.807, 2.05) is 0 Å². The van der Waals surface area contributed by atoms with Crippen molar-refractivity contribution in [2.45, 2.75) is 24.9 Å². The monoisotopic (exact) mass is 523 g/mol. The Morgan fingerprint density at radius 1 is 1.11 bits per heavy atom. The first-order valence-corrected chi connectivity index (χ1v) is 11.7. The smallest absolute Gasteiger partial charge is 0.271 e. The molecule has 0 unspecified atom stereocenters. The Kier molecular flexibility index (Phi) is 6.04. The van der Waals surface area contributed by atoms with Gasteiger partial charge in [0.1, 0.15) is 11.8 Å². The molecule has 3 heterocycles. The van der Waals surface area contributed by atoms with E-state index in [9.17, 15) is 19.2 Å². The number of benzene rings is 2. The minimum Gasteiger partial charge on any atom is -0.496 e. The summed E-state index contributed by atoms with van der Waals surface area (Å²) in [5.74, 6) is -1.99. The number of halogens is 1. The van der Waals surface area contributed by atoms with Crippen LogP contribution in [0.3, 0.4) is 0 Å². The fourth-order valence-electron chi connectivity index (χ4n) is 4.88. The van der Waals surface area contributed by atoms with Gasteiger partial charge < -0.3 is 26.4 Å². The van der Waals surface area contributed by atoms with Gasteiger partial charge >= 0.3 is 0 Å². The SMILES string of the molecule is COc1ccc(Cl)cc1-c1ccc2c(c1)C(=O)N1CC[C@H](n3nnc(C(N)=O)c3C(N)=O)C[C@H]1C(=O)N2. The van der Waals surface area contributed by atoms with Gasteiger partial charge in [-0.2, -0.15) is 0 Å². The number of anilines is 1. The van der Waals surface area contributed by atoms with E-state index in [-0.39, 0.29) is 36.2 Å². The molecule has 5 N–H and O–H groups in total. The van der Waals surface area contributed by atoms with Crippen molar-refractivity contribution in [3.63, 3.8) is 0 Å². The number of hydrogen-bond donors (Lipinski definition) is 3. The lowest BCUT2D eigenvalue weighted by Crippen LogP contribution is -2.50. The van der Waals surface area contributed by atoms with E-state index in [0.717, 1.165) is 0 Å². The number of rotatable bonds is 5. The number of carbonyl (C=O) groups is 4. The number of piperidine rings is 1. The van der Waals surface area contributed by atoms with Crippen LogP contribution in [-0.2, 0) is 4.79 Å². The van der Waals surface area contributed by atoms with Crippen LogP contribution in [-0.4, -0.2) is 63.2 Å². The minimum atomic E-state index is -0.942. The lowest BCUT2D eigenvalue weighted by Gasteiger charge is -2.37. The third kappa shape index (κ3) is 4.14. The van der Waals surface area contributed by atoms with Crippen molar-refractivity contribution in [2.75, 3.05) is 19.0 Å². The number of nitrogens with one attached hydrogen (secondary N) is 1. The molecule has 2 aromatic carbocycles. The molecule has 0 radical (unpaired) electrons. The second kappa shape index (κ2) is 9.21. The standard InChI is InChI=1S/C24H22ClN7O5/c1-37-18-5-3-12(25)9-14(18)11-2-4-16-15(8-11)24(36)31-7-6-13(10-17(31)23(35)28-16)32-20(22(27)34)19(21(26)33)29-30-32/h2-5,8-9,13,17H,6-7,10H2,1H3,(H2,26,33)(H2,27,34)(H,28,35)/t13-,17-/m0/s1. The van der Waals surface area contributed by atoms with Gasteiger partial charge in [-0.1, -0.05) is 22.9 Å². The average molecular weight is 524 g/mol. The summed E-state index contributed by atoms with van der Waals surface area (Å²) >= 11 is 6.19. The van der Waals surface area contributed by atoms with E-state index in [2.05, 4.69) is 15.6 Å². The average Bonchev–Trinajstić information content (AvgIpc) is 3.30. The second-order valence-electron chi connectivity index (χ2n) is 8.75. The zero-order valence-corrected chi connectivity index (χ0v) is 20.4. The fourth-order valence-corrected chi connectivity index (χ4v) is 5.05. The molecule has 0 aliphatic carbocycles. The lowest BCUT2D eigenvalue weighted by atomic mass is 9.95. The van der Waals surface area contributed by atoms with Crippen LogP contribution in [0.15, 0.2) is 36.4 Å². The van der Waals surface area contributed by atoms with Crippen LogP contribution in [0.2, 0.25) is 5.02 Å². The Labute approximate surface area is 215 Å². The molecule has 12 nitrogen and oxygen atoms in total. The number of amides is 4. The Balaban J connectivity index is 1.48. The predicted octanol–water partition coefficient (Wildman–Crippen LogP) is 1.60. The maximum Gasteiger partial charge on any atom is 0.271 e. The summed E-state index contributed by atoms with van der Waals surface area (Å²) < 4.78 is 6.67. The largest absolute Gasteiger partial charge is 0.496 e. The van der Waals surface area contributed by atoms with Gasteiger partial charge in [-0.25, -0.2) is 4.68 Å². The first-order chi connectivity index (χ1) is 17.7. The maximum absolute atomic E-state index is 13.6. The molecule has 0 spiro atoms. The molecular formula is C24H22ClN7O5. The van der Waals surface area contributed by atoms with E-state index in [4.69, 9.17) is 27.8 Å². The van der Waals surface area contributed by atoms with Crippen LogP contribution in [0.25, 0.3) is 11.1 Å². The van der Waals surface area contributed by atoms with E-state index in [0.29, 0.717) is 39.6 Å². The van der Waals surface area contributed by atoms with Gasteiger partial charge in [-0.05, 0) is 48.7 Å². The molecule has 2 atom stereocenters. The molecule has 5 rings (SSSR count). The number of methoxy groups -OCH3 is 1. The number of carbonyl (C=O) groups excluding carboxylic acids is 4. The highest BCUT2D eigenvalue weighted by Gasteiger charge is 2.42. The molecule has 1 saturated heterocycles. The number of aromatic nitrogens is 3. The molecule has 190 valence electrons. The highest BCUT2D eigenvalue weighted by molar-refractivity contribution is 6.31. The van der Waals surface area contributed by atoms with Gasteiger partial charge in [0, 0.05) is 17.1 Å². The molecule has 1 fully saturated rings. The van der Waals surface area contributed by atoms with Gasteiger partial charge in [-0.15, -0.1) is 5.10 Å². The summed E-state index contributed by atoms with van der Waals surface area (Å²) in [5, 5.41) is 10.9. The topological polar surface area (TPSA) is 176 Å². The summed E-state index contributed by atoms with van der Waals surface area (Å²) in [7, 11) is 1.54. The predicted molar refractivity (Wildman–Crippen MR) is 132 cm³/mol. The van der Waals surface area contributed by atoms with E-state index in [1.165, 1.54) is 9.58 Å². The summed E-state index contributed by atoms with van der Waals surface area (Å²) in [6, 6.07) is 8.94. The Morgan fingerprint density at radius 2 is 1.89 bits per heavy atom. The van der Waals surface area contributed by atoms with Crippen molar-refractivity contribution in [1.82, 2.24) is 19.9 Å². The minimum absolute atomic E-state index is 0.127. The van der Waals surface area contributed by atoms with Crippen molar-refractivity contribution in [3.8, 4) is 16.9 Å². The Bertz CT molecular complexity index is 1470. The van der Waals surface area contributed by atoms with Gasteiger partial charge in [-0.3, -0.25) is 19.2 Å². The molecule has 2 aliphatic heterocycles. The molecule has 13 heteroatoms. The molecule has 0 bridgehead atoms. The lowest BCUT2D eigenvalue weighted by molar-refractivity contribution is -0.121. The van der Waals surface area contributed by atoms with Crippen LogP contribution in [0, 0.1) is 0 Å². The number of fused-ring (bicyclic) bond motifs is 2. The van der Waals surface area contributed by atoms with Gasteiger partial charge in [0.25, 0.3) is 17.7 Å². The third-order valence-electron chi connectivity index (χ3n) is 6.63. The highest BCUT2D eigenvalue weighted by atomic mass is 35.5. The van der Waals surface area contributed by atoms with Crippen molar-refractivity contribution in [1.29, 1.82) is 0 Å². The molecule has 1 aromatic heterocycles. The molecule has 37 heavy (non-hydrogen) atoms. The van der Waals surface area contributed by atoms with Crippen LogP contribution in [0.5, 0.6) is 5.75 Å². The summed E-state index contributed by atoms with van der Waals surface area (Å²) in [5.41, 5.74) is 12.3. The number of hydrogen-bond acceptors (Lipinski definition) is 7. The molecule has 4 amide bonds. The van der Waals surface area contributed by atoms with E-state index < -0.39 is 23.9 Å². The molecule has 2 aliphatic rings. The van der Waals surface area contributed by atoms with Gasteiger partial charge in [0.05, 0.1) is 24.4 Å². The first kappa shape index (κ1) is 24.3. The molecule has 3 aromatic rings. The zero-order valence-electron chi connectivity index (χ0n) is 19.6. The van der Waals surface area contributed by atoms with Crippen molar-refractivity contribution >= 4 is 40.9 Å². The Morgan fingerprint density at radius 3 is 2.59 bits per heavy atom. The van der Waals surface area contributed by atoms with Crippen LogP contribution < -0.4 is 21.5 Å². The number of nitrogens with two attached hydrogens (primary N) is 2. The number of ether oxygens (including phenoxy) is 1. The van der Waals surface area contributed by atoms with Crippen molar-refractivity contribution in [2.24, 2.45) is 11.5 Å². The highest BCUT2D eigenvalue weighted by Crippen LogP contribution is 2.37. The fraction of sp³-hybridized carbons (Fsp3) is 0.250. The molecule has 0 saturated carbocycles. The van der Waals surface area contributed by atoms with Crippen LogP contribution >= 0.6 is 11.6 Å². The summed E-state index contributed by atoms with van der Waals surface area (Å²) in [4.78, 5) is 52.0. The van der Waals surface area contributed by atoms with Gasteiger partial charge in [0.15, 0.2) is 11.4 Å². The quantitative estimate of drug-likeness (QED) is 0.455. The Hall–Kier alpha value is -4.45. The third-order valence-corrected chi connectivity index (χ3v) is 6.86. The van der Waals surface area contributed by atoms with E-state index in [1.54, 1.807) is 43.5 Å². The summed E-state index contributed by atoms with van der Waals surface area (Å²) in [6.07, 6.45) is 0.469. The first-order valence-electron chi connectivity index (χ1n) is 11.3. The maximum atomic E-state index is 13.6. The summed E-state index contributed by atoms with van der Waals surface area (Å²) in [6.45, 7) is 0.190. The zero-order chi connectivity index (χ0) is 26.4. The van der Waals surface area contributed by atoms with Crippen LogP contribution in [0.4, 0.5) is 5.69 Å². The van der Waals surface area contributed by atoms with Gasteiger partial charge in [0.2, 0.25) is 5.91 Å². The van der Waals surface area contributed by atoms with E-state index >= 15 is 0 Å². The number of primary amides is 2. The van der Waals surface area contributed by atoms with Crippen LogP contribution in [0.1, 0.15) is 50.2 Å². The molecular weight excluding hydrogens is 502 g/mol. The van der Waals surface area contributed by atoms with Crippen molar-refractivity contribution in [3.05, 3.63) is 58.4 Å².